The lowest BCUT2D eigenvalue weighted by molar-refractivity contribution is 0.653. The summed E-state index contributed by atoms with van der Waals surface area (Å²) in [5.74, 6) is 0. The number of hydrogen-bond acceptors (Lipinski definition) is 2. The monoisotopic (exact) mass is 743 g/mol. The van der Waals surface area contributed by atoms with Gasteiger partial charge >= 0.3 is 0 Å². The number of benzene rings is 9. The van der Waals surface area contributed by atoms with Crippen molar-refractivity contribution in [2.45, 2.75) is 38.5 Å². The van der Waals surface area contributed by atoms with Crippen molar-refractivity contribution in [2.24, 2.45) is 0 Å². The largest absolute Gasteiger partial charge is 0.453 e. The van der Waals surface area contributed by atoms with Crippen molar-refractivity contribution in [1.82, 2.24) is 0 Å². The van der Waals surface area contributed by atoms with Crippen LogP contribution in [0.25, 0.3) is 76.9 Å². The van der Waals surface area contributed by atoms with Gasteiger partial charge in [-0.05, 0) is 138 Å². The molecule has 0 saturated heterocycles. The van der Waals surface area contributed by atoms with Gasteiger partial charge in [0.05, 0.1) is 5.69 Å². The summed E-state index contributed by atoms with van der Waals surface area (Å²) >= 11 is 0. The SMILES string of the molecule is CC1(C)c2cc3c(cc2-c2cc4ccccc4cc21)C(C)(C)c1cc2cc(N(c4ccccc4)c4cccc5c4oc4c(-c6ccccc6)cccc45)ccc2cc1-3. The van der Waals surface area contributed by atoms with E-state index in [1.807, 2.05) is 0 Å². The second-order valence-corrected chi connectivity index (χ2v) is 17.3. The highest BCUT2D eigenvalue weighted by Crippen LogP contribution is 2.57. The molecule has 0 fully saturated rings. The van der Waals surface area contributed by atoms with E-state index >= 15 is 0 Å². The first kappa shape index (κ1) is 33.3. The van der Waals surface area contributed by atoms with E-state index < -0.39 is 0 Å². The van der Waals surface area contributed by atoms with E-state index in [1.54, 1.807) is 0 Å². The maximum absolute atomic E-state index is 6.95. The van der Waals surface area contributed by atoms with Crippen LogP contribution in [0.1, 0.15) is 49.9 Å². The van der Waals surface area contributed by atoms with E-state index in [0.29, 0.717) is 0 Å². The summed E-state index contributed by atoms with van der Waals surface area (Å²) in [4.78, 5) is 2.35. The van der Waals surface area contributed by atoms with Crippen LogP contribution in [0.4, 0.5) is 17.1 Å². The Morgan fingerprint density at radius 3 is 1.55 bits per heavy atom. The van der Waals surface area contributed by atoms with E-state index in [4.69, 9.17) is 4.42 Å². The maximum atomic E-state index is 6.95. The number of furan rings is 1. The summed E-state index contributed by atoms with van der Waals surface area (Å²) in [6.45, 7) is 9.61. The molecule has 0 atom stereocenters. The van der Waals surface area contributed by atoms with Crippen LogP contribution >= 0.6 is 0 Å². The Morgan fingerprint density at radius 2 is 0.879 bits per heavy atom. The molecule has 2 aliphatic carbocycles. The molecule has 0 N–H and O–H groups in total. The normalized spacial score (nSPS) is 14.5. The van der Waals surface area contributed by atoms with Crippen molar-refractivity contribution >= 4 is 60.5 Å². The molecule has 0 unspecified atom stereocenters. The predicted molar refractivity (Wildman–Crippen MR) is 244 cm³/mol. The van der Waals surface area contributed by atoms with Gasteiger partial charge < -0.3 is 9.32 Å². The third-order valence-electron chi connectivity index (χ3n) is 13.4. The number of para-hydroxylation sites is 3. The first-order valence-electron chi connectivity index (χ1n) is 20.4. The van der Waals surface area contributed by atoms with Gasteiger partial charge in [-0.2, -0.15) is 0 Å². The molecule has 0 radical (unpaired) electrons. The lowest BCUT2D eigenvalue weighted by Gasteiger charge is -2.26. The zero-order chi connectivity index (χ0) is 38.9. The van der Waals surface area contributed by atoms with E-state index in [1.165, 1.54) is 66.1 Å². The fourth-order valence-electron chi connectivity index (χ4n) is 10.3. The lowest BCUT2D eigenvalue weighted by Crippen LogP contribution is -2.17. The molecule has 12 rings (SSSR count). The first-order chi connectivity index (χ1) is 28.3. The van der Waals surface area contributed by atoms with Crippen LogP contribution in [0.5, 0.6) is 0 Å². The molecule has 0 spiro atoms. The summed E-state index contributed by atoms with van der Waals surface area (Å²) in [5, 5.41) is 7.30. The van der Waals surface area contributed by atoms with E-state index in [-0.39, 0.29) is 10.8 Å². The van der Waals surface area contributed by atoms with Gasteiger partial charge in [-0.25, -0.2) is 0 Å². The van der Waals surface area contributed by atoms with Crippen molar-refractivity contribution in [3.63, 3.8) is 0 Å². The quantitative estimate of drug-likeness (QED) is 0.178. The fraction of sp³-hybridized carbons (Fsp3) is 0.107. The molecule has 2 heteroatoms. The van der Waals surface area contributed by atoms with Gasteiger partial charge in [-0.1, -0.05) is 137 Å². The Balaban J connectivity index is 1.01. The summed E-state index contributed by atoms with van der Waals surface area (Å²) in [6.07, 6.45) is 0. The third kappa shape index (κ3) is 4.60. The zero-order valence-corrected chi connectivity index (χ0v) is 33.1. The summed E-state index contributed by atoms with van der Waals surface area (Å²) in [5.41, 5.74) is 18.1. The highest BCUT2D eigenvalue weighted by atomic mass is 16.3. The highest BCUT2D eigenvalue weighted by Gasteiger charge is 2.42. The van der Waals surface area contributed by atoms with Crippen LogP contribution in [0.3, 0.4) is 0 Å². The van der Waals surface area contributed by atoms with Crippen LogP contribution in [0, 0.1) is 0 Å². The minimum atomic E-state index is -0.164. The average molecular weight is 744 g/mol. The Morgan fingerprint density at radius 1 is 0.362 bits per heavy atom. The molecule has 2 aliphatic rings. The average Bonchev–Trinajstić information content (AvgIpc) is 3.82. The molecule has 1 aromatic heterocycles. The van der Waals surface area contributed by atoms with Gasteiger partial charge in [0, 0.05) is 38.5 Å². The van der Waals surface area contributed by atoms with E-state index in [2.05, 4.69) is 209 Å². The zero-order valence-electron chi connectivity index (χ0n) is 33.1. The third-order valence-corrected chi connectivity index (χ3v) is 13.4. The minimum absolute atomic E-state index is 0.0882. The van der Waals surface area contributed by atoms with Crippen molar-refractivity contribution in [3.8, 4) is 33.4 Å². The predicted octanol–water partition coefficient (Wildman–Crippen LogP) is 15.6. The van der Waals surface area contributed by atoms with Crippen LogP contribution in [0.2, 0.25) is 0 Å². The molecular formula is C56H41NO. The molecule has 276 valence electrons. The van der Waals surface area contributed by atoms with Crippen LogP contribution in [0.15, 0.2) is 180 Å². The van der Waals surface area contributed by atoms with Gasteiger partial charge in [0.15, 0.2) is 5.58 Å². The Labute approximate surface area is 338 Å². The van der Waals surface area contributed by atoms with Crippen molar-refractivity contribution in [3.05, 3.63) is 198 Å². The van der Waals surface area contributed by atoms with Crippen molar-refractivity contribution in [1.29, 1.82) is 0 Å². The fourth-order valence-corrected chi connectivity index (χ4v) is 10.3. The second-order valence-electron chi connectivity index (χ2n) is 17.3. The number of fused-ring (bicyclic) bond motifs is 11. The van der Waals surface area contributed by atoms with Crippen molar-refractivity contribution < 1.29 is 4.42 Å². The van der Waals surface area contributed by atoms with Gasteiger partial charge in [-0.15, -0.1) is 0 Å². The molecule has 58 heavy (non-hydrogen) atoms. The Bertz CT molecular complexity index is 3330. The molecule has 0 aliphatic heterocycles. The molecule has 0 amide bonds. The second kappa shape index (κ2) is 11.8. The van der Waals surface area contributed by atoms with Crippen LogP contribution in [-0.2, 0) is 10.8 Å². The topological polar surface area (TPSA) is 16.4 Å². The minimum Gasteiger partial charge on any atom is -0.453 e. The molecule has 1 heterocycles. The van der Waals surface area contributed by atoms with Gasteiger partial charge in [-0.3, -0.25) is 0 Å². The maximum Gasteiger partial charge on any atom is 0.159 e. The molecule has 2 nitrogen and oxygen atoms in total. The van der Waals surface area contributed by atoms with Gasteiger partial charge in [0.2, 0.25) is 0 Å². The van der Waals surface area contributed by atoms with Crippen LogP contribution in [-0.4, -0.2) is 0 Å². The van der Waals surface area contributed by atoms with E-state index in [9.17, 15) is 0 Å². The number of rotatable bonds is 4. The number of nitrogens with zero attached hydrogens (tertiary/aromatic N) is 1. The Kier molecular flexibility index (Phi) is 6.78. The standard InChI is InChI=1S/C56H41NO/c1-55(2)48-30-36-18-12-11-17-35(36)28-44(48)46-32-51-47(33-50(46)55)45-29-37-25-26-40(27-38(37)31-49(45)56(51,3)4)57(39-19-9-6-10-20-39)52-24-14-23-43-42-22-13-21-41(53(42)58-54(43)52)34-15-7-5-8-16-34/h5-33H,1-4H3. The smallest absolute Gasteiger partial charge is 0.159 e. The van der Waals surface area contributed by atoms with Crippen molar-refractivity contribution in [2.75, 3.05) is 4.90 Å². The summed E-state index contributed by atoms with van der Waals surface area (Å²) < 4.78 is 6.95. The molecule has 10 aromatic rings. The highest BCUT2D eigenvalue weighted by molar-refractivity contribution is 6.14. The lowest BCUT2D eigenvalue weighted by atomic mass is 9.79. The molecule has 0 saturated carbocycles. The van der Waals surface area contributed by atoms with Gasteiger partial charge in [0.25, 0.3) is 0 Å². The van der Waals surface area contributed by atoms with E-state index in [0.717, 1.165) is 50.1 Å². The molecule has 9 aromatic carbocycles. The molecule has 0 bridgehead atoms. The first-order valence-corrected chi connectivity index (χ1v) is 20.4. The number of anilines is 3. The summed E-state index contributed by atoms with van der Waals surface area (Å²) in [6, 6.07) is 64.7. The van der Waals surface area contributed by atoms with Gasteiger partial charge in [0.1, 0.15) is 5.58 Å². The molecular weight excluding hydrogens is 703 g/mol. The Hall–Kier alpha value is -6.90. The summed E-state index contributed by atoms with van der Waals surface area (Å²) in [7, 11) is 0. The number of hydrogen-bond donors (Lipinski definition) is 0. The van der Waals surface area contributed by atoms with Crippen LogP contribution < -0.4 is 4.90 Å².